The van der Waals surface area contributed by atoms with E-state index in [4.69, 9.17) is 19.4 Å². The first-order chi connectivity index (χ1) is 25.1. The van der Waals surface area contributed by atoms with Crippen LogP contribution in [-0.2, 0) is 17.9 Å². The number of rotatable bonds is 11. The molecular weight excluding hydrogens is 656 g/mol. The van der Waals surface area contributed by atoms with Gasteiger partial charge in [-0.1, -0.05) is 24.3 Å². The van der Waals surface area contributed by atoms with Crippen LogP contribution in [0.25, 0.3) is 44.7 Å². The molecular formula is C40H40N8O4. The molecule has 1 fully saturated rings. The standard InChI is InChI=1S/C40H40N8O4/c1-22(21-49)42-17-27-15-34-36(43-18-27)38(45-25(4)44-34)46-33-10-6-8-31(24(33)3)30-7-5-9-32(23(30)2)39-47-35-14-26(13-29(16-41)37(35)52-39)19-48-12-11-28(20-48)40(50)51/h5-10,13-15,18,22,28,42,49H,11-12,17,19-21H2,1-4H3,(H,50,51)(H,44,45,46). The van der Waals surface area contributed by atoms with Crippen molar-refractivity contribution in [2.24, 2.45) is 5.92 Å². The van der Waals surface area contributed by atoms with Gasteiger partial charge in [0.2, 0.25) is 5.89 Å². The lowest BCUT2D eigenvalue weighted by Crippen LogP contribution is -2.28. The highest BCUT2D eigenvalue weighted by atomic mass is 16.4. The van der Waals surface area contributed by atoms with Gasteiger partial charge in [-0.25, -0.2) is 15.0 Å². The predicted molar refractivity (Wildman–Crippen MR) is 199 cm³/mol. The first kappa shape index (κ1) is 34.7. The number of carboxylic acid groups (broad SMARTS) is 1. The zero-order chi connectivity index (χ0) is 36.5. The number of likely N-dealkylation sites (tertiary alicyclic amines) is 1. The van der Waals surface area contributed by atoms with Crippen LogP contribution in [0.3, 0.4) is 0 Å². The molecule has 4 heterocycles. The maximum absolute atomic E-state index is 11.5. The van der Waals surface area contributed by atoms with Gasteiger partial charge in [-0.3, -0.25) is 14.7 Å². The highest BCUT2D eigenvalue weighted by Crippen LogP contribution is 2.38. The quantitative estimate of drug-likeness (QED) is 0.117. The predicted octanol–water partition coefficient (Wildman–Crippen LogP) is 6.42. The van der Waals surface area contributed by atoms with Crippen LogP contribution in [-0.4, -0.2) is 66.8 Å². The number of aliphatic hydroxyl groups excluding tert-OH is 1. The SMILES string of the molecule is Cc1nc(Nc2cccc(-c3cccc(-c4nc5cc(CN6CCC(C(=O)O)C6)cc(C#N)c5o4)c3C)c2C)c2ncc(CNC(C)CO)cc2n1. The van der Waals surface area contributed by atoms with Gasteiger partial charge in [-0.2, -0.15) is 5.26 Å². The number of aromatic nitrogens is 4. The molecule has 264 valence electrons. The number of benzene rings is 3. The van der Waals surface area contributed by atoms with Gasteiger partial charge >= 0.3 is 5.97 Å². The molecule has 0 amide bonds. The smallest absolute Gasteiger partial charge is 0.307 e. The molecule has 1 aliphatic heterocycles. The molecule has 12 heteroatoms. The van der Waals surface area contributed by atoms with Crippen molar-refractivity contribution < 1.29 is 19.4 Å². The van der Waals surface area contributed by atoms with E-state index in [1.165, 1.54) is 0 Å². The number of oxazole rings is 1. The number of nitriles is 1. The maximum atomic E-state index is 11.5. The number of hydrogen-bond acceptors (Lipinski definition) is 11. The average Bonchev–Trinajstić information content (AvgIpc) is 3.79. The van der Waals surface area contributed by atoms with Crippen LogP contribution in [0.4, 0.5) is 11.5 Å². The van der Waals surface area contributed by atoms with Gasteiger partial charge in [0.1, 0.15) is 22.9 Å². The maximum Gasteiger partial charge on any atom is 0.307 e. The number of aliphatic carboxylic acids is 1. The molecule has 6 aromatic rings. The lowest BCUT2D eigenvalue weighted by atomic mass is 9.93. The van der Waals surface area contributed by atoms with Crippen molar-refractivity contribution in [3.05, 3.63) is 94.4 Å². The summed E-state index contributed by atoms with van der Waals surface area (Å²) in [5, 5.41) is 35.6. The summed E-state index contributed by atoms with van der Waals surface area (Å²) in [6.45, 7) is 10.2. The molecule has 2 atom stereocenters. The van der Waals surface area contributed by atoms with Crippen molar-refractivity contribution in [2.45, 2.75) is 53.2 Å². The van der Waals surface area contributed by atoms with E-state index in [0.717, 1.165) is 50.1 Å². The Labute approximate surface area is 301 Å². The average molecular weight is 697 g/mol. The second kappa shape index (κ2) is 14.5. The Morgan fingerprint density at radius 1 is 1.02 bits per heavy atom. The molecule has 7 rings (SSSR count). The van der Waals surface area contributed by atoms with Crippen LogP contribution in [0, 0.1) is 38.0 Å². The van der Waals surface area contributed by atoms with E-state index in [1.54, 1.807) is 6.20 Å². The first-order valence-corrected chi connectivity index (χ1v) is 17.3. The van der Waals surface area contributed by atoms with Crippen LogP contribution < -0.4 is 10.6 Å². The van der Waals surface area contributed by atoms with Crippen molar-refractivity contribution >= 4 is 39.6 Å². The topological polar surface area (TPSA) is 173 Å². The van der Waals surface area contributed by atoms with E-state index >= 15 is 0 Å². The third-order valence-electron chi connectivity index (χ3n) is 9.77. The van der Waals surface area contributed by atoms with Crippen LogP contribution in [0.5, 0.6) is 0 Å². The molecule has 0 aliphatic carbocycles. The third-order valence-corrected chi connectivity index (χ3v) is 9.77. The van der Waals surface area contributed by atoms with Gasteiger partial charge in [0, 0.05) is 43.1 Å². The summed E-state index contributed by atoms with van der Waals surface area (Å²) in [6, 6.07) is 20.1. The molecule has 52 heavy (non-hydrogen) atoms. The second-order valence-corrected chi connectivity index (χ2v) is 13.6. The molecule has 4 N–H and O–H groups in total. The Balaban J connectivity index is 1.18. The summed E-state index contributed by atoms with van der Waals surface area (Å²) < 4.78 is 6.27. The zero-order valence-electron chi connectivity index (χ0n) is 29.6. The molecule has 12 nitrogen and oxygen atoms in total. The van der Waals surface area contributed by atoms with Crippen molar-refractivity contribution in [3.8, 4) is 28.7 Å². The summed E-state index contributed by atoms with van der Waals surface area (Å²) >= 11 is 0. The van der Waals surface area contributed by atoms with Crippen LogP contribution in [0.1, 0.15) is 47.0 Å². The van der Waals surface area contributed by atoms with Crippen LogP contribution in [0.15, 0.2) is 65.2 Å². The highest BCUT2D eigenvalue weighted by Gasteiger charge is 2.28. The Kier molecular flexibility index (Phi) is 9.66. The minimum Gasteiger partial charge on any atom is -0.481 e. The van der Waals surface area contributed by atoms with Gasteiger partial charge in [-0.15, -0.1) is 0 Å². The Hall–Kier alpha value is -5.74. The van der Waals surface area contributed by atoms with E-state index in [9.17, 15) is 20.3 Å². The molecule has 1 aliphatic rings. The number of hydrogen-bond donors (Lipinski definition) is 4. The molecule has 0 radical (unpaired) electrons. The Bertz CT molecular complexity index is 2360. The van der Waals surface area contributed by atoms with Crippen LogP contribution >= 0.6 is 0 Å². The number of anilines is 2. The van der Waals surface area contributed by atoms with E-state index < -0.39 is 5.97 Å². The number of fused-ring (bicyclic) bond motifs is 2. The van der Waals surface area contributed by atoms with Crippen LogP contribution in [0.2, 0.25) is 0 Å². The molecule has 2 unspecified atom stereocenters. The first-order valence-electron chi connectivity index (χ1n) is 17.3. The fourth-order valence-corrected chi connectivity index (χ4v) is 6.88. The number of carbonyl (C=O) groups is 1. The summed E-state index contributed by atoms with van der Waals surface area (Å²) in [6.07, 6.45) is 2.42. The summed E-state index contributed by atoms with van der Waals surface area (Å²) in [5.74, 6) is 0.521. The Morgan fingerprint density at radius 3 is 2.52 bits per heavy atom. The summed E-state index contributed by atoms with van der Waals surface area (Å²) in [7, 11) is 0. The van der Waals surface area contributed by atoms with E-state index in [2.05, 4.69) is 45.6 Å². The summed E-state index contributed by atoms with van der Waals surface area (Å²) in [4.78, 5) is 32.5. The van der Waals surface area contributed by atoms with Crippen molar-refractivity contribution in [1.82, 2.24) is 30.2 Å². The highest BCUT2D eigenvalue weighted by molar-refractivity contribution is 5.89. The normalized spacial score (nSPS) is 15.3. The lowest BCUT2D eigenvalue weighted by Gasteiger charge is -2.17. The van der Waals surface area contributed by atoms with Crippen molar-refractivity contribution in [2.75, 3.05) is 25.0 Å². The number of carboxylic acids is 1. The monoisotopic (exact) mass is 696 g/mol. The number of aliphatic hydroxyl groups is 1. The third kappa shape index (κ3) is 6.94. The minimum absolute atomic E-state index is 0.0260. The van der Waals surface area contributed by atoms with E-state index in [0.29, 0.717) is 72.3 Å². The minimum atomic E-state index is -0.771. The van der Waals surface area contributed by atoms with Gasteiger partial charge in [0.25, 0.3) is 0 Å². The van der Waals surface area contributed by atoms with E-state index in [1.807, 2.05) is 63.2 Å². The number of aryl methyl sites for hydroxylation is 1. The molecule has 0 saturated carbocycles. The van der Waals surface area contributed by atoms with Gasteiger partial charge < -0.3 is 25.3 Å². The van der Waals surface area contributed by atoms with Crippen molar-refractivity contribution in [1.29, 1.82) is 5.26 Å². The summed E-state index contributed by atoms with van der Waals surface area (Å²) in [5.41, 5.74) is 10.4. The lowest BCUT2D eigenvalue weighted by molar-refractivity contribution is -0.141. The second-order valence-electron chi connectivity index (χ2n) is 13.6. The largest absolute Gasteiger partial charge is 0.481 e. The molecule has 0 spiro atoms. The number of pyridine rings is 1. The molecule has 0 bridgehead atoms. The fourth-order valence-electron chi connectivity index (χ4n) is 6.88. The van der Waals surface area contributed by atoms with Crippen molar-refractivity contribution in [3.63, 3.8) is 0 Å². The number of nitrogens with one attached hydrogen (secondary N) is 2. The molecule has 3 aromatic carbocycles. The van der Waals surface area contributed by atoms with E-state index in [-0.39, 0.29) is 18.6 Å². The number of nitrogens with zero attached hydrogens (tertiary/aromatic N) is 6. The fraction of sp³-hybridized carbons (Fsp3) is 0.300. The van der Waals surface area contributed by atoms with Gasteiger partial charge in [-0.05, 0) is 104 Å². The van der Waals surface area contributed by atoms with Gasteiger partial charge in [0.15, 0.2) is 11.4 Å². The zero-order valence-corrected chi connectivity index (χ0v) is 29.6. The van der Waals surface area contributed by atoms with Gasteiger partial charge in [0.05, 0.1) is 23.6 Å². The molecule has 3 aromatic heterocycles. The Morgan fingerprint density at radius 2 is 1.77 bits per heavy atom. The molecule has 1 saturated heterocycles.